The van der Waals surface area contributed by atoms with Crippen molar-refractivity contribution in [2.45, 2.75) is 26.8 Å². The highest BCUT2D eigenvalue weighted by Crippen LogP contribution is 2.19. The lowest BCUT2D eigenvalue weighted by molar-refractivity contribution is -0.121. The van der Waals surface area contributed by atoms with E-state index in [1.807, 2.05) is 13.8 Å². The van der Waals surface area contributed by atoms with Crippen molar-refractivity contribution in [1.29, 1.82) is 0 Å². The normalized spacial score (nSPS) is 10.8. The van der Waals surface area contributed by atoms with Gasteiger partial charge in [0.2, 0.25) is 5.91 Å². The molecule has 0 aliphatic heterocycles. The fraction of sp³-hybridized carbons (Fsp3) is 0.500. The second-order valence-corrected chi connectivity index (χ2v) is 5.22. The average molecular weight is 287 g/mol. The third kappa shape index (κ3) is 6.03. The van der Waals surface area contributed by atoms with Crippen molar-refractivity contribution >= 4 is 17.5 Å². The molecule has 1 rings (SSSR count). The van der Waals surface area contributed by atoms with Crippen molar-refractivity contribution in [2.24, 2.45) is 5.92 Å². The van der Waals surface area contributed by atoms with Crippen LogP contribution in [0.3, 0.4) is 0 Å². The molecule has 1 aromatic carbocycles. The van der Waals surface area contributed by atoms with E-state index < -0.39 is 5.82 Å². The highest BCUT2D eigenvalue weighted by atomic mass is 35.5. The van der Waals surface area contributed by atoms with Crippen molar-refractivity contribution in [3.05, 3.63) is 34.6 Å². The van der Waals surface area contributed by atoms with Crippen LogP contribution in [0.5, 0.6) is 0 Å². The van der Waals surface area contributed by atoms with E-state index in [-0.39, 0.29) is 10.9 Å². The van der Waals surface area contributed by atoms with Crippen LogP contribution >= 0.6 is 11.6 Å². The molecule has 0 heterocycles. The SMILES string of the molecule is CC(C)CNC(=O)CCNCc1cccc(F)c1Cl. The highest BCUT2D eigenvalue weighted by molar-refractivity contribution is 6.31. The Balaban J connectivity index is 2.24. The molecule has 0 fully saturated rings. The summed E-state index contributed by atoms with van der Waals surface area (Å²) < 4.78 is 13.2. The molecule has 2 N–H and O–H groups in total. The zero-order valence-electron chi connectivity index (χ0n) is 11.3. The van der Waals surface area contributed by atoms with E-state index >= 15 is 0 Å². The predicted molar refractivity (Wildman–Crippen MR) is 75.6 cm³/mol. The van der Waals surface area contributed by atoms with Crippen LogP contribution < -0.4 is 10.6 Å². The molecule has 19 heavy (non-hydrogen) atoms. The van der Waals surface area contributed by atoms with Gasteiger partial charge in [-0.05, 0) is 17.5 Å². The molecule has 0 aromatic heterocycles. The lowest BCUT2D eigenvalue weighted by atomic mass is 10.2. The summed E-state index contributed by atoms with van der Waals surface area (Å²) in [6.07, 6.45) is 0.402. The summed E-state index contributed by atoms with van der Waals surface area (Å²) in [7, 11) is 0. The van der Waals surface area contributed by atoms with Crippen molar-refractivity contribution < 1.29 is 9.18 Å². The quantitative estimate of drug-likeness (QED) is 0.757. The molecule has 0 aliphatic rings. The van der Waals surface area contributed by atoms with Crippen LogP contribution in [0.1, 0.15) is 25.8 Å². The first-order valence-corrected chi connectivity index (χ1v) is 6.78. The van der Waals surface area contributed by atoms with Crippen LogP contribution in [-0.4, -0.2) is 19.0 Å². The molecule has 0 atom stereocenters. The van der Waals surface area contributed by atoms with Gasteiger partial charge in [-0.15, -0.1) is 0 Å². The Hall–Kier alpha value is -1.13. The van der Waals surface area contributed by atoms with Gasteiger partial charge in [0.1, 0.15) is 5.82 Å². The van der Waals surface area contributed by atoms with Crippen LogP contribution in [0.25, 0.3) is 0 Å². The van der Waals surface area contributed by atoms with Gasteiger partial charge in [-0.1, -0.05) is 37.6 Å². The van der Waals surface area contributed by atoms with Gasteiger partial charge < -0.3 is 10.6 Å². The Kier molecular flexibility index (Phi) is 6.81. The number of benzene rings is 1. The van der Waals surface area contributed by atoms with E-state index in [9.17, 15) is 9.18 Å². The molecular weight excluding hydrogens is 267 g/mol. The number of carbonyl (C=O) groups is 1. The van der Waals surface area contributed by atoms with Crippen molar-refractivity contribution in [1.82, 2.24) is 10.6 Å². The maximum atomic E-state index is 13.2. The molecular formula is C14H20ClFN2O. The molecule has 3 nitrogen and oxygen atoms in total. The molecule has 0 aliphatic carbocycles. The van der Waals surface area contributed by atoms with Gasteiger partial charge in [0, 0.05) is 26.1 Å². The molecule has 0 saturated heterocycles. The van der Waals surface area contributed by atoms with Gasteiger partial charge in [0.05, 0.1) is 5.02 Å². The minimum Gasteiger partial charge on any atom is -0.356 e. The van der Waals surface area contributed by atoms with Crippen molar-refractivity contribution in [3.8, 4) is 0 Å². The Morgan fingerprint density at radius 2 is 2.16 bits per heavy atom. The zero-order valence-corrected chi connectivity index (χ0v) is 12.1. The number of hydrogen-bond donors (Lipinski definition) is 2. The van der Waals surface area contributed by atoms with Crippen molar-refractivity contribution in [2.75, 3.05) is 13.1 Å². The standard InChI is InChI=1S/C14H20ClFN2O/c1-10(2)8-18-13(19)6-7-17-9-11-4-3-5-12(16)14(11)15/h3-5,10,17H,6-9H2,1-2H3,(H,18,19). The first kappa shape index (κ1) is 15.9. The Morgan fingerprint density at radius 1 is 1.42 bits per heavy atom. The molecule has 0 spiro atoms. The summed E-state index contributed by atoms with van der Waals surface area (Å²) >= 11 is 5.82. The number of nitrogens with one attached hydrogen (secondary N) is 2. The number of amides is 1. The Bertz CT molecular complexity index is 424. The fourth-order valence-electron chi connectivity index (χ4n) is 1.52. The molecule has 1 aromatic rings. The van der Waals surface area contributed by atoms with Gasteiger partial charge >= 0.3 is 0 Å². The second-order valence-electron chi connectivity index (χ2n) is 4.84. The highest BCUT2D eigenvalue weighted by Gasteiger charge is 2.06. The Labute approximate surface area is 118 Å². The summed E-state index contributed by atoms with van der Waals surface area (Å²) in [4.78, 5) is 11.4. The smallest absolute Gasteiger partial charge is 0.221 e. The zero-order chi connectivity index (χ0) is 14.3. The fourth-order valence-corrected chi connectivity index (χ4v) is 1.71. The van der Waals surface area contributed by atoms with Crippen LogP contribution in [-0.2, 0) is 11.3 Å². The van der Waals surface area contributed by atoms with E-state index in [4.69, 9.17) is 11.6 Å². The van der Waals surface area contributed by atoms with Crippen LogP contribution in [0.2, 0.25) is 5.02 Å². The summed E-state index contributed by atoms with van der Waals surface area (Å²) in [5.74, 6) is 0.0465. The molecule has 5 heteroatoms. The molecule has 106 valence electrons. The summed E-state index contributed by atoms with van der Waals surface area (Å²) in [6, 6.07) is 4.70. The lowest BCUT2D eigenvalue weighted by Crippen LogP contribution is -2.30. The molecule has 0 bridgehead atoms. The van der Waals surface area contributed by atoms with E-state index in [0.717, 1.165) is 0 Å². The van der Waals surface area contributed by atoms with E-state index in [1.54, 1.807) is 12.1 Å². The number of rotatable bonds is 7. The van der Waals surface area contributed by atoms with Crippen molar-refractivity contribution in [3.63, 3.8) is 0 Å². The Morgan fingerprint density at radius 3 is 2.84 bits per heavy atom. The van der Waals surface area contributed by atoms with Gasteiger partial charge in [0.15, 0.2) is 0 Å². The van der Waals surface area contributed by atoms with E-state index in [0.29, 0.717) is 37.5 Å². The van der Waals surface area contributed by atoms with Crippen LogP contribution in [0, 0.1) is 11.7 Å². The van der Waals surface area contributed by atoms with E-state index in [2.05, 4.69) is 10.6 Å². The third-order valence-electron chi connectivity index (χ3n) is 2.58. The van der Waals surface area contributed by atoms with Crippen LogP contribution in [0.15, 0.2) is 18.2 Å². The number of carbonyl (C=O) groups excluding carboxylic acids is 1. The van der Waals surface area contributed by atoms with Gasteiger partial charge in [-0.2, -0.15) is 0 Å². The minimum atomic E-state index is -0.421. The largest absolute Gasteiger partial charge is 0.356 e. The van der Waals surface area contributed by atoms with Gasteiger partial charge in [-0.25, -0.2) is 4.39 Å². The first-order chi connectivity index (χ1) is 9.00. The first-order valence-electron chi connectivity index (χ1n) is 6.41. The maximum Gasteiger partial charge on any atom is 0.221 e. The molecule has 0 unspecified atom stereocenters. The molecule has 1 amide bonds. The summed E-state index contributed by atoms with van der Waals surface area (Å²) in [5.41, 5.74) is 0.698. The maximum absolute atomic E-state index is 13.2. The number of hydrogen-bond acceptors (Lipinski definition) is 2. The lowest BCUT2D eigenvalue weighted by Gasteiger charge is -2.09. The molecule has 0 radical (unpaired) electrons. The monoisotopic (exact) mass is 286 g/mol. The van der Waals surface area contributed by atoms with Gasteiger partial charge in [-0.3, -0.25) is 4.79 Å². The predicted octanol–water partition coefficient (Wildman–Crippen LogP) is 2.73. The third-order valence-corrected chi connectivity index (χ3v) is 3.01. The average Bonchev–Trinajstić information content (AvgIpc) is 2.37. The summed E-state index contributed by atoms with van der Waals surface area (Å²) in [5, 5.41) is 6.05. The summed E-state index contributed by atoms with van der Waals surface area (Å²) in [6.45, 7) is 5.77. The minimum absolute atomic E-state index is 0.0199. The topological polar surface area (TPSA) is 41.1 Å². The van der Waals surface area contributed by atoms with E-state index in [1.165, 1.54) is 6.07 Å². The van der Waals surface area contributed by atoms with Gasteiger partial charge in [0.25, 0.3) is 0 Å². The number of halogens is 2. The van der Waals surface area contributed by atoms with Crippen LogP contribution in [0.4, 0.5) is 4.39 Å². The molecule has 0 saturated carbocycles. The second kappa shape index (κ2) is 8.12.